The molecule has 0 fully saturated rings. The predicted molar refractivity (Wildman–Crippen MR) is 119 cm³/mol. The number of anilines is 2. The van der Waals surface area contributed by atoms with Crippen molar-refractivity contribution in [1.29, 1.82) is 0 Å². The first-order chi connectivity index (χ1) is 14.9. The highest BCUT2D eigenvalue weighted by molar-refractivity contribution is 6.32. The molecule has 1 atom stereocenters. The number of benzene rings is 2. The molecule has 0 aliphatic carbocycles. The summed E-state index contributed by atoms with van der Waals surface area (Å²) in [5.41, 5.74) is 3.69. The topological polar surface area (TPSA) is 90.3 Å². The first-order valence-electron chi connectivity index (χ1n) is 9.59. The van der Waals surface area contributed by atoms with Crippen LogP contribution < -0.4 is 20.1 Å². The van der Waals surface area contributed by atoms with Crippen molar-refractivity contribution < 1.29 is 14.3 Å². The van der Waals surface area contributed by atoms with Gasteiger partial charge in [0.25, 0.3) is 5.91 Å². The Morgan fingerprint density at radius 3 is 2.52 bits per heavy atom. The first-order valence-corrected chi connectivity index (χ1v) is 9.97. The number of nitrogens with one attached hydrogen (secondary N) is 2. The molecule has 0 unspecified atom stereocenters. The molecule has 2 N–H and O–H groups in total. The van der Waals surface area contributed by atoms with Crippen LogP contribution in [-0.4, -0.2) is 34.9 Å². The molecule has 1 amide bonds. The summed E-state index contributed by atoms with van der Waals surface area (Å²) in [6.45, 7) is 3.86. The monoisotopic (exact) mass is 439 g/mol. The highest BCUT2D eigenvalue weighted by Gasteiger charge is 2.33. The van der Waals surface area contributed by atoms with E-state index in [1.165, 1.54) is 20.5 Å². The fourth-order valence-electron chi connectivity index (χ4n) is 3.59. The van der Waals surface area contributed by atoms with E-state index in [-0.39, 0.29) is 5.91 Å². The van der Waals surface area contributed by atoms with Gasteiger partial charge in [-0.2, -0.15) is 10.1 Å². The van der Waals surface area contributed by atoms with Crippen LogP contribution in [0.3, 0.4) is 0 Å². The van der Waals surface area contributed by atoms with Crippen LogP contribution >= 0.6 is 11.6 Å². The quantitative estimate of drug-likeness (QED) is 0.619. The maximum absolute atomic E-state index is 13.5. The van der Waals surface area contributed by atoms with Gasteiger partial charge in [-0.25, -0.2) is 4.68 Å². The number of halogens is 1. The van der Waals surface area contributed by atoms with E-state index in [1.807, 2.05) is 38.1 Å². The molecular weight excluding hydrogens is 418 g/mol. The fraction of sp³-hybridized carbons (Fsp3) is 0.227. The minimum atomic E-state index is -0.445. The number of methoxy groups -OCH3 is 2. The van der Waals surface area contributed by atoms with Crippen molar-refractivity contribution in [2.24, 2.45) is 0 Å². The zero-order valence-electron chi connectivity index (χ0n) is 17.6. The number of ether oxygens (including phenoxy) is 2. The second kappa shape index (κ2) is 8.31. The SMILES string of the molecule is COc1cc(NC(=O)C2=C(C)Nc3ncnn3[C@H]2c2ccc(C)cc2)c(OC)cc1Cl. The third-order valence-corrected chi connectivity index (χ3v) is 5.45. The molecule has 4 rings (SSSR count). The van der Waals surface area contributed by atoms with Crippen molar-refractivity contribution in [2.45, 2.75) is 19.9 Å². The van der Waals surface area contributed by atoms with Gasteiger partial charge in [-0.3, -0.25) is 4.79 Å². The maximum Gasteiger partial charge on any atom is 0.255 e. The fourth-order valence-corrected chi connectivity index (χ4v) is 3.82. The highest BCUT2D eigenvalue weighted by atomic mass is 35.5. The lowest BCUT2D eigenvalue weighted by Gasteiger charge is -2.29. The zero-order valence-corrected chi connectivity index (χ0v) is 18.3. The van der Waals surface area contributed by atoms with E-state index in [0.717, 1.165) is 11.1 Å². The van der Waals surface area contributed by atoms with Crippen LogP contribution in [0.4, 0.5) is 11.6 Å². The predicted octanol–water partition coefficient (Wildman–Crippen LogP) is 4.18. The second-order valence-corrected chi connectivity index (χ2v) is 7.55. The summed E-state index contributed by atoms with van der Waals surface area (Å²) in [6, 6.07) is 10.8. The molecule has 0 saturated heterocycles. The third-order valence-electron chi connectivity index (χ3n) is 5.15. The Kier molecular flexibility index (Phi) is 5.56. The number of carbonyl (C=O) groups is 1. The van der Waals surface area contributed by atoms with Crippen LogP contribution in [0.15, 0.2) is 54.0 Å². The van der Waals surface area contributed by atoms with E-state index < -0.39 is 6.04 Å². The van der Waals surface area contributed by atoms with E-state index in [2.05, 4.69) is 20.7 Å². The van der Waals surface area contributed by atoms with Gasteiger partial charge in [-0.1, -0.05) is 41.4 Å². The van der Waals surface area contributed by atoms with E-state index >= 15 is 0 Å². The van der Waals surface area contributed by atoms with Crippen LogP contribution in [0.1, 0.15) is 24.1 Å². The van der Waals surface area contributed by atoms with Crippen molar-refractivity contribution in [3.05, 3.63) is 70.1 Å². The molecule has 0 bridgehead atoms. The number of carbonyl (C=O) groups excluding carboxylic acids is 1. The molecule has 160 valence electrons. The van der Waals surface area contributed by atoms with Crippen LogP contribution in [0.5, 0.6) is 11.5 Å². The number of amides is 1. The molecule has 8 nitrogen and oxygen atoms in total. The average molecular weight is 440 g/mol. The molecule has 3 aromatic rings. The Balaban J connectivity index is 1.76. The summed E-state index contributed by atoms with van der Waals surface area (Å²) >= 11 is 6.19. The van der Waals surface area contributed by atoms with Crippen LogP contribution in [-0.2, 0) is 4.79 Å². The number of hydrogen-bond donors (Lipinski definition) is 2. The van der Waals surface area contributed by atoms with Crippen molar-refractivity contribution in [3.63, 3.8) is 0 Å². The van der Waals surface area contributed by atoms with Crippen molar-refractivity contribution in [1.82, 2.24) is 14.8 Å². The summed E-state index contributed by atoms with van der Waals surface area (Å²) in [7, 11) is 3.02. The summed E-state index contributed by atoms with van der Waals surface area (Å²) in [6.07, 6.45) is 1.46. The molecule has 2 aromatic carbocycles. The van der Waals surface area contributed by atoms with Crippen LogP contribution in [0.2, 0.25) is 5.02 Å². The maximum atomic E-state index is 13.5. The van der Waals surface area contributed by atoms with E-state index in [4.69, 9.17) is 21.1 Å². The van der Waals surface area contributed by atoms with Crippen molar-refractivity contribution in [2.75, 3.05) is 24.9 Å². The molecule has 9 heteroatoms. The van der Waals surface area contributed by atoms with Gasteiger partial charge in [0.2, 0.25) is 5.95 Å². The lowest BCUT2D eigenvalue weighted by Crippen LogP contribution is -2.31. The Morgan fingerprint density at radius 1 is 1.13 bits per heavy atom. The minimum absolute atomic E-state index is 0.306. The third kappa shape index (κ3) is 3.82. The highest BCUT2D eigenvalue weighted by Crippen LogP contribution is 2.38. The number of allylic oxidation sites excluding steroid dienone is 1. The molecule has 31 heavy (non-hydrogen) atoms. The van der Waals surface area contributed by atoms with Gasteiger partial charge in [0.05, 0.1) is 30.5 Å². The molecule has 1 aliphatic rings. The summed E-state index contributed by atoms with van der Waals surface area (Å²) < 4.78 is 12.4. The van der Waals surface area contributed by atoms with Crippen LogP contribution in [0, 0.1) is 6.92 Å². The van der Waals surface area contributed by atoms with Crippen molar-refractivity contribution in [3.8, 4) is 11.5 Å². The number of aryl methyl sites for hydroxylation is 1. The smallest absolute Gasteiger partial charge is 0.255 e. The zero-order chi connectivity index (χ0) is 22.1. The molecule has 0 spiro atoms. The Morgan fingerprint density at radius 2 is 1.84 bits per heavy atom. The average Bonchev–Trinajstić information content (AvgIpc) is 3.22. The number of fused-ring (bicyclic) bond motifs is 1. The summed E-state index contributed by atoms with van der Waals surface area (Å²) in [5.74, 6) is 1.12. The normalized spacial score (nSPS) is 15.2. The Labute approximate surface area is 184 Å². The standard InChI is InChI=1S/C22H22ClN5O3/c1-12-5-7-14(8-6-12)20-19(13(2)26-22-24-11-25-28(20)22)21(29)27-16-10-17(30-3)15(23)9-18(16)31-4/h5-11,20H,1-4H3,(H,27,29)(H,24,25,26)/t20-/m0/s1. The minimum Gasteiger partial charge on any atom is -0.495 e. The number of hydrogen-bond acceptors (Lipinski definition) is 6. The summed E-state index contributed by atoms with van der Waals surface area (Å²) in [4.78, 5) is 17.8. The molecule has 1 aromatic heterocycles. The number of nitrogens with zero attached hydrogens (tertiary/aromatic N) is 3. The first kappa shape index (κ1) is 20.7. The van der Waals surface area contributed by atoms with Gasteiger partial charge in [0.1, 0.15) is 23.9 Å². The second-order valence-electron chi connectivity index (χ2n) is 7.15. The number of rotatable bonds is 5. The van der Waals surface area contributed by atoms with Gasteiger partial charge in [0.15, 0.2) is 0 Å². The van der Waals surface area contributed by atoms with E-state index in [0.29, 0.717) is 39.4 Å². The molecule has 0 radical (unpaired) electrons. The number of aromatic nitrogens is 3. The molecule has 2 heterocycles. The van der Waals surface area contributed by atoms with Gasteiger partial charge < -0.3 is 20.1 Å². The molecule has 0 saturated carbocycles. The lowest BCUT2D eigenvalue weighted by molar-refractivity contribution is -0.113. The molecule has 1 aliphatic heterocycles. The van der Waals surface area contributed by atoms with Gasteiger partial charge >= 0.3 is 0 Å². The van der Waals surface area contributed by atoms with Gasteiger partial charge in [-0.05, 0) is 19.4 Å². The molecular formula is C22H22ClN5O3. The van der Waals surface area contributed by atoms with Gasteiger partial charge in [0, 0.05) is 17.8 Å². The van der Waals surface area contributed by atoms with E-state index in [9.17, 15) is 4.79 Å². The lowest BCUT2D eigenvalue weighted by atomic mass is 9.94. The Hall–Kier alpha value is -3.52. The van der Waals surface area contributed by atoms with Gasteiger partial charge in [-0.15, -0.1) is 0 Å². The van der Waals surface area contributed by atoms with Crippen molar-refractivity contribution >= 4 is 29.1 Å². The van der Waals surface area contributed by atoms with E-state index in [1.54, 1.807) is 16.8 Å². The van der Waals surface area contributed by atoms with Crippen LogP contribution in [0.25, 0.3) is 0 Å². The largest absolute Gasteiger partial charge is 0.495 e. The Bertz CT molecular complexity index is 1170. The summed E-state index contributed by atoms with van der Waals surface area (Å²) in [5, 5.41) is 10.8.